The number of carboxylic acid groups (broad SMARTS) is 1. The lowest BCUT2D eigenvalue weighted by atomic mass is 9.98. The predicted octanol–water partition coefficient (Wildman–Crippen LogP) is 5.03. The number of carboxylic acids is 1. The molecule has 2 amide bonds. The molecule has 2 aliphatic rings. The highest BCUT2D eigenvalue weighted by Gasteiger charge is 2.35. The zero-order chi connectivity index (χ0) is 24.4. The van der Waals surface area contributed by atoms with E-state index in [-0.39, 0.29) is 35.7 Å². The minimum atomic E-state index is -1.11. The van der Waals surface area contributed by atoms with Crippen LogP contribution in [-0.4, -0.2) is 35.7 Å². The van der Waals surface area contributed by atoms with Crippen LogP contribution in [-0.2, 0) is 9.53 Å². The molecule has 3 aromatic rings. The highest BCUT2D eigenvalue weighted by atomic mass is 16.5. The minimum Gasteiger partial charge on any atom is -0.478 e. The Labute approximate surface area is 203 Å². The van der Waals surface area contributed by atoms with E-state index < -0.39 is 18.0 Å². The molecule has 0 aliphatic heterocycles. The number of ether oxygens (including phenoxy) is 1. The topological polar surface area (TPSA) is 105 Å². The van der Waals surface area contributed by atoms with E-state index in [0.29, 0.717) is 12.8 Å². The number of aromatic carboxylic acids is 1. The number of benzene rings is 3. The van der Waals surface area contributed by atoms with Crippen LogP contribution < -0.4 is 10.6 Å². The molecule has 5 rings (SSSR count). The molecule has 2 atom stereocenters. The Bertz CT molecular complexity index is 1240. The van der Waals surface area contributed by atoms with E-state index in [2.05, 4.69) is 34.9 Å². The van der Waals surface area contributed by atoms with Gasteiger partial charge in [-0.3, -0.25) is 4.79 Å². The largest absolute Gasteiger partial charge is 0.478 e. The molecule has 0 heterocycles. The molecule has 178 valence electrons. The Morgan fingerprint density at radius 3 is 2.17 bits per heavy atom. The maximum atomic E-state index is 12.9. The molecule has 7 heteroatoms. The van der Waals surface area contributed by atoms with E-state index >= 15 is 0 Å². The van der Waals surface area contributed by atoms with E-state index in [1.807, 2.05) is 24.3 Å². The van der Waals surface area contributed by atoms with Crippen molar-refractivity contribution < 1.29 is 24.2 Å². The molecule has 0 spiro atoms. The van der Waals surface area contributed by atoms with Gasteiger partial charge in [0.25, 0.3) is 0 Å². The van der Waals surface area contributed by atoms with Gasteiger partial charge in [-0.25, -0.2) is 9.59 Å². The van der Waals surface area contributed by atoms with Gasteiger partial charge in [0.05, 0.1) is 17.2 Å². The van der Waals surface area contributed by atoms with E-state index in [0.717, 1.165) is 28.7 Å². The smallest absolute Gasteiger partial charge is 0.407 e. The van der Waals surface area contributed by atoms with E-state index in [9.17, 15) is 19.5 Å². The normalized spacial score (nSPS) is 18.4. The number of amides is 2. The van der Waals surface area contributed by atoms with Gasteiger partial charge in [-0.15, -0.1) is 0 Å². The van der Waals surface area contributed by atoms with Crippen LogP contribution in [0.5, 0.6) is 0 Å². The molecule has 0 unspecified atom stereocenters. The van der Waals surface area contributed by atoms with Crippen LogP contribution in [0.3, 0.4) is 0 Å². The fourth-order valence-electron chi connectivity index (χ4n) is 5.24. The van der Waals surface area contributed by atoms with Gasteiger partial charge in [-0.05, 0) is 47.2 Å². The molecule has 0 bridgehead atoms. The van der Waals surface area contributed by atoms with Crippen LogP contribution in [0.2, 0.25) is 0 Å². The van der Waals surface area contributed by atoms with Crippen molar-refractivity contribution in [3.63, 3.8) is 0 Å². The third kappa shape index (κ3) is 4.49. The monoisotopic (exact) mass is 470 g/mol. The standard InChI is InChI=1S/C28H26N2O5/c31-26(29-25-14-6-5-12-22(25)27(32)33)21-13-7-15-24(21)30-28(34)35-16-23-19-10-3-1-8-17(19)18-9-2-4-11-20(18)23/h1-6,8-12,14,21,23-24H,7,13,15-16H2,(H,29,31)(H,30,34)(H,32,33)/t21-,24+/m1/s1. The van der Waals surface area contributed by atoms with Crippen LogP contribution in [0.25, 0.3) is 11.1 Å². The molecule has 1 saturated carbocycles. The summed E-state index contributed by atoms with van der Waals surface area (Å²) in [4.78, 5) is 37.1. The van der Waals surface area contributed by atoms with Crippen molar-refractivity contribution in [2.24, 2.45) is 5.92 Å². The first kappa shape index (κ1) is 22.7. The van der Waals surface area contributed by atoms with E-state index in [1.165, 1.54) is 6.07 Å². The molecular weight excluding hydrogens is 444 g/mol. The van der Waals surface area contributed by atoms with Crippen LogP contribution in [0, 0.1) is 5.92 Å². The molecule has 3 aromatic carbocycles. The maximum absolute atomic E-state index is 12.9. The third-order valence-corrected chi connectivity index (χ3v) is 6.91. The lowest BCUT2D eigenvalue weighted by Crippen LogP contribution is -2.42. The molecule has 0 radical (unpaired) electrons. The second-order valence-corrected chi connectivity index (χ2v) is 8.95. The van der Waals surface area contributed by atoms with Crippen molar-refractivity contribution in [2.75, 3.05) is 11.9 Å². The number of carbonyl (C=O) groups excluding carboxylic acids is 2. The molecule has 3 N–H and O–H groups in total. The van der Waals surface area contributed by atoms with Crippen LogP contribution in [0.1, 0.15) is 46.7 Å². The van der Waals surface area contributed by atoms with Crippen LogP contribution >= 0.6 is 0 Å². The van der Waals surface area contributed by atoms with E-state index in [4.69, 9.17) is 4.74 Å². The molecule has 2 aliphatic carbocycles. The predicted molar refractivity (Wildman–Crippen MR) is 131 cm³/mol. The minimum absolute atomic E-state index is 0.0277. The van der Waals surface area contributed by atoms with Crippen LogP contribution in [0.15, 0.2) is 72.8 Å². The van der Waals surface area contributed by atoms with Gasteiger partial charge in [-0.1, -0.05) is 67.1 Å². The molecule has 35 heavy (non-hydrogen) atoms. The Hall–Kier alpha value is -4.13. The summed E-state index contributed by atoms with van der Waals surface area (Å²) in [6, 6.07) is 22.2. The summed E-state index contributed by atoms with van der Waals surface area (Å²) in [5.74, 6) is -1.92. The van der Waals surface area contributed by atoms with Crippen LogP contribution in [0.4, 0.5) is 10.5 Å². The van der Waals surface area contributed by atoms with Gasteiger partial charge in [0.2, 0.25) is 5.91 Å². The van der Waals surface area contributed by atoms with E-state index in [1.54, 1.807) is 18.2 Å². The maximum Gasteiger partial charge on any atom is 0.407 e. The first-order valence-electron chi connectivity index (χ1n) is 11.8. The van der Waals surface area contributed by atoms with Gasteiger partial charge in [0, 0.05) is 12.0 Å². The summed E-state index contributed by atoms with van der Waals surface area (Å²) in [7, 11) is 0. The number of nitrogens with one attached hydrogen (secondary N) is 2. The van der Waals surface area contributed by atoms with Crippen molar-refractivity contribution in [2.45, 2.75) is 31.2 Å². The van der Waals surface area contributed by atoms with Gasteiger partial charge in [-0.2, -0.15) is 0 Å². The highest BCUT2D eigenvalue weighted by Crippen LogP contribution is 2.44. The number of carbonyl (C=O) groups is 3. The average molecular weight is 471 g/mol. The molecule has 0 aromatic heterocycles. The quantitative estimate of drug-likeness (QED) is 0.469. The van der Waals surface area contributed by atoms with Gasteiger partial charge >= 0.3 is 12.1 Å². The van der Waals surface area contributed by atoms with Gasteiger partial charge in [0.1, 0.15) is 6.61 Å². The SMILES string of the molecule is O=C(N[C@H]1CCC[C@H]1C(=O)Nc1ccccc1C(=O)O)OCC1c2ccccc2-c2ccccc21. The van der Waals surface area contributed by atoms with Gasteiger partial charge in [0.15, 0.2) is 0 Å². The Morgan fingerprint density at radius 2 is 1.49 bits per heavy atom. The molecule has 1 fully saturated rings. The van der Waals surface area contributed by atoms with Crippen molar-refractivity contribution in [3.05, 3.63) is 89.5 Å². The second-order valence-electron chi connectivity index (χ2n) is 8.95. The number of rotatable bonds is 6. The van der Waals surface area contributed by atoms with Crippen molar-refractivity contribution in [1.82, 2.24) is 5.32 Å². The fraction of sp³-hybridized carbons (Fsp3) is 0.250. The van der Waals surface area contributed by atoms with Gasteiger partial charge < -0.3 is 20.5 Å². The third-order valence-electron chi connectivity index (χ3n) is 6.91. The summed E-state index contributed by atoms with van der Waals surface area (Å²) < 4.78 is 5.64. The summed E-state index contributed by atoms with van der Waals surface area (Å²) in [5, 5.41) is 15.0. The molecule has 0 saturated heterocycles. The zero-order valence-corrected chi connectivity index (χ0v) is 19.1. The zero-order valence-electron chi connectivity index (χ0n) is 19.1. The molecular formula is C28H26N2O5. The first-order chi connectivity index (χ1) is 17.0. The number of fused-ring (bicyclic) bond motifs is 3. The first-order valence-corrected chi connectivity index (χ1v) is 11.8. The lowest BCUT2D eigenvalue weighted by Gasteiger charge is -2.21. The second kappa shape index (κ2) is 9.62. The summed E-state index contributed by atoms with van der Waals surface area (Å²) >= 11 is 0. The summed E-state index contributed by atoms with van der Waals surface area (Å²) in [6.45, 7) is 0.204. The van der Waals surface area contributed by atoms with Crippen molar-refractivity contribution in [1.29, 1.82) is 0 Å². The number of anilines is 1. The highest BCUT2D eigenvalue weighted by molar-refractivity contribution is 6.01. The lowest BCUT2D eigenvalue weighted by molar-refractivity contribution is -0.120. The average Bonchev–Trinajstić information content (AvgIpc) is 3.45. The van der Waals surface area contributed by atoms with Crippen molar-refractivity contribution >= 4 is 23.7 Å². The number of hydrogen-bond donors (Lipinski definition) is 3. The number of para-hydroxylation sites is 1. The summed E-state index contributed by atoms with van der Waals surface area (Å²) in [5.41, 5.74) is 4.86. The Morgan fingerprint density at radius 1 is 0.857 bits per heavy atom. The fourth-order valence-corrected chi connectivity index (χ4v) is 5.24. The Kier molecular flexibility index (Phi) is 6.23. The molecule has 7 nitrogen and oxygen atoms in total. The Balaban J connectivity index is 1.22. The number of hydrogen-bond acceptors (Lipinski definition) is 4. The summed E-state index contributed by atoms with van der Waals surface area (Å²) in [6.07, 6.45) is 1.49. The number of alkyl carbamates (subject to hydrolysis) is 1. The van der Waals surface area contributed by atoms with Crippen molar-refractivity contribution in [3.8, 4) is 11.1 Å².